The number of esters is 1. The van der Waals surface area contributed by atoms with E-state index < -0.39 is 45.6 Å². The van der Waals surface area contributed by atoms with Crippen LogP contribution in [0.5, 0.6) is 11.5 Å². The number of hydrogen-bond donors (Lipinski definition) is 2. The Hall–Kier alpha value is -4.40. The lowest BCUT2D eigenvalue weighted by molar-refractivity contribution is -0.122. The number of halogens is 1. The molecule has 3 amide bonds. The molecule has 2 aliphatic rings. The van der Waals surface area contributed by atoms with Crippen molar-refractivity contribution in [2.24, 2.45) is 5.92 Å². The molecule has 3 atom stereocenters. The maximum Gasteiger partial charge on any atom is 0.338 e. The first-order chi connectivity index (χ1) is 22.6. The number of phenolic OH excluding ortho intramolecular Hbond substituents is 1. The highest BCUT2D eigenvalue weighted by molar-refractivity contribution is 9.10. The van der Waals surface area contributed by atoms with E-state index in [1.54, 1.807) is 62.4 Å². The largest absolute Gasteiger partial charge is 0.504 e. The molecule has 1 saturated heterocycles. The van der Waals surface area contributed by atoms with Gasteiger partial charge in [0.1, 0.15) is 11.8 Å². The Morgan fingerprint density at radius 3 is 2.36 bits per heavy atom. The van der Waals surface area contributed by atoms with Crippen molar-refractivity contribution in [2.75, 3.05) is 23.4 Å². The Morgan fingerprint density at radius 1 is 0.957 bits per heavy atom. The van der Waals surface area contributed by atoms with E-state index in [2.05, 4.69) is 21.2 Å². The molecule has 242 valence electrons. The lowest BCUT2D eigenvalue weighted by Crippen LogP contribution is -2.33. The summed E-state index contributed by atoms with van der Waals surface area (Å²) < 4.78 is 12.7. The molecular weight excluding hydrogens is 710 g/mol. The van der Waals surface area contributed by atoms with Gasteiger partial charge in [-0.3, -0.25) is 23.7 Å². The van der Waals surface area contributed by atoms with Gasteiger partial charge in [0.2, 0.25) is 17.7 Å². The number of amides is 3. The van der Waals surface area contributed by atoms with Gasteiger partial charge >= 0.3 is 10.8 Å². The number of phenols is 1. The number of aromatic nitrogens is 1. The molecule has 1 fully saturated rings. The van der Waals surface area contributed by atoms with E-state index in [4.69, 9.17) is 9.47 Å². The van der Waals surface area contributed by atoms with Crippen LogP contribution < -0.4 is 19.8 Å². The minimum atomic E-state index is -0.883. The van der Waals surface area contributed by atoms with Crippen molar-refractivity contribution in [3.8, 4) is 11.5 Å². The van der Waals surface area contributed by atoms with Crippen LogP contribution in [-0.4, -0.2) is 51.8 Å². The fourth-order valence-electron chi connectivity index (χ4n) is 5.70. The number of thiazole rings is 1. The summed E-state index contributed by atoms with van der Waals surface area (Å²) in [6.07, 6.45) is 0. The molecule has 14 heteroatoms. The Kier molecular flexibility index (Phi) is 9.26. The van der Waals surface area contributed by atoms with E-state index in [0.717, 1.165) is 27.6 Å². The minimum Gasteiger partial charge on any atom is -0.504 e. The summed E-state index contributed by atoms with van der Waals surface area (Å²) in [7, 11) is 0. The zero-order chi connectivity index (χ0) is 33.4. The highest BCUT2D eigenvalue weighted by Crippen LogP contribution is 2.54. The zero-order valence-electron chi connectivity index (χ0n) is 25.1. The Labute approximate surface area is 285 Å². The number of aromatic hydroxyl groups is 1. The lowest BCUT2D eigenvalue weighted by atomic mass is 9.83. The fourth-order valence-corrected chi connectivity index (χ4v) is 8.74. The summed E-state index contributed by atoms with van der Waals surface area (Å²) >= 11 is 5.41. The third-order valence-electron chi connectivity index (χ3n) is 7.76. The van der Waals surface area contributed by atoms with Crippen molar-refractivity contribution in [1.82, 2.24) is 4.57 Å². The van der Waals surface area contributed by atoms with E-state index in [0.29, 0.717) is 32.4 Å². The second-order valence-electron chi connectivity index (χ2n) is 10.7. The van der Waals surface area contributed by atoms with Crippen LogP contribution in [0.4, 0.5) is 11.4 Å². The molecule has 0 bridgehead atoms. The molecule has 0 unspecified atom stereocenters. The molecule has 0 spiro atoms. The van der Waals surface area contributed by atoms with Gasteiger partial charge in [0, 0.05) is 21.0 Å². The number of carbonyl (C=O) groups excluding carboxylic acids is 4. The summed E-state index contributed by atoms with van der Waals surface area (Å²) in [6, 6.07) is 17.8. The molecule has 0 saturated carbocycles. The number of anilines is 2. The van der Waals surface area contributed by atoms with Gasteiger partial charge < -0.3 is 19.9 Å². The number of carbonyl (C=O) groups is 4. The standard InChI is InChI=1S/C33H28BrN3O8S2/c1-3-44-23-15-18(7-14-22(23)38)25-26-27(30(41)37(29(26)40)21-12-8-19(34)9-13-21)46-31-28(25)47-33(43)36(31)16-24(39)35-20-10-5-17(6-11-20)32(42)45-4-2/h5-15,25-27,38H,3-4,16H2,1-2H3,(H,35,39)/t25-,26+,27-/m0/s1. The van der Waals surface area contributed by atoms with Crippen LogP contribution >= 0.6 is 39.0 Å². The van der Waals surface area contributed by atoms with E-state index in [-0.39, 0.29) is 31.3 Å². The third kappa shape index (κ3) is 6.20. The third-order valence-corrected chi connectivity index (χ3v) is 10.9. The molecular formula is C33H28BrN3O8S2. The average Bonchev–Trinajstić information content (AvgIpc) is 3.49. The topological polar surface area (TPSA) is 144 Å². The van der Waals surface area contributed by atoms with E-state index >= 15 is 0 Å². The van der Waals surface area contributed by atoms with Crippen molar-refractivity contribution in [1.29, 1.82) is 0 Å². The molecule has 3 aromatic carbocycles. The normalized spacial score (nSPS) is 18.4. The van der Waals surface area contributed by atoms with Gasteiger partial charge in [0.25, 0.3) is 0 Å². The number of fused-ring (bicyclic) bond motifs is 2. The molecule has 11 nitrogen and oxygen atoms in total. The molecule has 4 aromatic rings. The summed E-state index contributed by atoms with van der Waals surface area (Å²) in [5.41, 5.74) is 1.76. The van der Waals surface area contributed by atoms with E-state index in [1.807, 2.05) is 0 Å². The zero-order valence-corrected chi connectivity index (χ0v) is 28.3. The van der Waals surface area contributed by atoms with Crippen LogP contribution in [0.2, 0.25) is 0 Å². The number of rotatable bonds is 9. The summed E-state index contributed by atoms with van der Waals surface area (Å²) in [4.78, 5) is 68.0. The molecule has 2 N–H and O–H groups in total. The van der Waals surface area contributed by atoms with Crippen LogP contribution in [0.15, 0.2) is 81.0 Å². The second-order valence-corrected chi connectivity index (χ2v) is 13.7. The summed E-state index contributed by atoms with van der Waals surface area (Å²) in [6.45, 7) is 3.66. The minimum absolute atomic E-state index is 0.0828. The highest BCUT2D eigenvalue weighted by atomic mass is 79.9. The number of ether oxygens (including phenoxy) is 2. The van der Waals surface area contributed by atoms with Crippen LogP contribution in [0, 0.1) is 5.92 Å². The van der Waals surface area contributed by atoms with E-state index in [9.17, 15) is 29.1 Å². The maximum absolute atomic E-state index is 14.1. The molecule has 0 aliphatic carbocycles. The number of hydrogen-bond acceptors (Lipinski definition) is 10. The van der Waals surface area contributed by atoms with Crippen LogP contribution in [0.25, 0.3) is 0 Å². The van der Waals surface area contributed by atoms with Crippen molar-refractivity contribution in [3.63, 3.8) is 0 Å². The van der Waals surface area contributed by atoms with Crippen molar-refractivity contribution < 1.29 is 33.8 Å². The Bertz CT molecular complexity index is 1940. The predicted octanol–water partition coefficient (Wildman–Crippen LogP) is 5.39. The second kappa shape index (κ2) is 13.4. The monoisotopic (exact) mass is 737 g/mol. The van der Waals surface area contributed by atoms with Crippen LogP contribution in [0.1, 0.15) is 40.6 Å². The molecule has 2 aliphatic heterocycles. The van der Waals surface area contributed by atoms with Gasteiger partial charge in [0.15, 0.2) is 11.5 Å². The van der Waals surface area contributed by atoms with Crippen LogP contribution in [-0.2, 0) is 25.7 Å². The Balaban J connectivity index is 1.36. The Morgan fingerprint density at radius 2 is 1.68 bits per heavy atom. The molecule has 3 heterocycles. The van der Waals surface area contributed by atoms with E-state index in [1.165, 1.54) is 27.7 Å². The van der Waals surface area contributed by atoms with Crippen molar-refractivity contribution in [2.45, 2.75) is 36.6 Å². The molecule has 47 heavy (non-hydrogen) atoms. The molecule has 0 radical (unpaired) electrons. The lowest BCUT2D eigenvalue weighted by Gasteiger charge is -2.31. The number of thioether (sulfide) groups is 1. The fraction of sp³-hybridized carbons (Fsp3) is 0.242. The maximum atomic E-state index is 14.1. The smallest absolute Gasteiger partial charge is 0.338 e. The van der Waals surface area contributed by atoms with Gasteiger partial charge in [-0.1, -0.05) is 45.1 Å². The summed E-state index contributed by atoms with van der Waals surface area (Å²) in [5.74, 6) is -3.28. The number of benzene rings is 3. The number of nitrogens with one attached hydrogen (secondary N) is 1. The van der Waals surface area contributed by atoms with Gasteiger partial charge in [-0.15, -0.1) is 0 Å². The summed E-state index contributed by atoms with van der Waals surface area (Å²) in [5, 5.41) is 12.7. The SMILES string of the molecule is CCOC(=O)c1ccc(NC(=O)Cn2c3c(sc2=O)[C@@H](c2ccc(O)c(OCC)c2)[C@H]2C(=O)N(c4ccc(Br)cc4)C(=O)[C@H]2S3)cc1. The van der Waals surface area contributed by atoms with Crippen molar-refractivity contribution >= 4 is 74.1 Å². The van der Waals surface area contributed by atoms with Gasteiger partial charge in [-0.25, -0.2) is 9.69 Å². The first-order valence-electron chi connectivity index (χ1n) is 14.7. The molecule has 6 rings (SSSR count). The number of nitrogens with zero attached hydrogens (tertiary/aromatic N) is 2. The first-order valence-corrected chi connectivity index (χ1v) is 17.2. The van der Waals surface area contributed by atoms with Gasteiger partial charge in [-0.2, -0.15) is 0 Å². The predicted molar refractivity (Wildman–Crippen MR) is 180 cm³/mol. The quantitative estimate of drug-likeness (QED) is 0.171. The van der Waals surface area contributed by atoms with Gasteiger partial charge in [0.05, 0.1) is 35.4 Å². The average molecular weight is 739 g/mol. The van der Waals surface area contributed by atoms with Gasteiger partial charge in [-0.05, 0) is 80.1 Å². The number of imide groups is 1. The highest BCUT2D eigenvalue weighted by Gasteiger charge is 2.57. The van der Waals surface area contributed by atoms with Crippen molar-refractivity contribution in [3.05, 3.63) is 96.9 Å². The molecule has 1 aromatic heterocycles. The van der Waals surface area contributed by atoms with Crippen LogP contribution in [0.3, 0.4) is 0 Å². The first kappa shape index (κ1) is 32.5.